The second-order valence-corrected chi connectivity index (χ2v) is 4.81. The van der Waals surface area contributed by atoms with Gasteiger partial charge in [-0.2, -0.15) is 0 Å². The lowest BCUT2D eigenvalue weighted by Crippen LogP contribution is -2.21. The Hall–Kier alpha value is -0.900. The Kier molecular flexibility index (Phi) is 7.06. The summed E-state index contributed by atoms with van der Waals surface area (Å²) in [6.45, 7) is 2.40. The van der Waals surface area contributed by atoms with Gasteiger partial charge in [0.2, 0.25) is 0 Å². The van der Waals surface area contributed by atoms with Gasteiger partial charge in [-0.15, -0.1) is 0 Å². The van der Waals surface area contributed by atoms with Crippen molar-refractivity contribution in [2.24, 2.45) is 5.73 Å². The van der Waals surface area contributed by atoms with Crippen molar-refractivity contribution >= 4 is 23.2 Å². The fourth-order valence-electron chi connectivity index (χ4n) is 1.65. The molecule has 106 valence electrons. The summed E-state index contributed by atoms with van der Waals surface area (Å²) >= 11 is 11.7. The second-order valence-electron chi connectivity index (χ2n) is 4.15. The molecule has 19 heavy (non-hydrogen) atoms. The van der Waals surface area contributed by atoms with Crippen molar-refractivity contribution in [3.8, 4) is 11.5 Å². The number of ether oxygens (including phenoxy) is 2. The zero-order valence-electron chi connectivity index (χ0n) is 11.2. The molecule has 2 N–H and O–H groups in total. The molecule has 0 amide bonds. The highest BCUT2D eigenvalue weighted by Gasteiger charge is 2.13. The number of halogens is 2. The van der Waals surface area contributed by atoms with Crippen LogP contribution < -0.4 is 15.2 Å². The Balaban J connectivity index is 2.93. The molecule has 0 spiro atoms. The van der Waals surface area contributed by atoms with Gasteiger partial charge < -0.3 is 15.2 Å². The van der Waals surface area contributed by atoms with Gasteiger partial charge in [-0.05, 0) is 36.6 Å². The molecule has 1 unspecified atom stereocenters. The van der Waals surface area contributed by atoms with Crippen molar-refractivity contribution in [3.63, 3.8) is 0 Å². The summed E-state index contributed by atoms with van der Waals surface area (Å²) in [5.74, 6) is 1.13. The van der Waals surface area contributed by atoms with Crippen LogP contribution in [0.2, 0.25) is 5.02 Å². The molecule has 1 aromatic rings. The lowest BCUT2D eigenvalue weighted by atomic mass is 10.0. The topological polar surface area (TPSA) is 44.5 Å². The van der Waals surface area contributed by atoms with E-state index in [0.717, 1.165) is 18.4 Å². The van der Waals surface area contributed by atoms with Crippen LogP contribution in [-0.4, -0.2) is 19.8 Å². The summed E-state index contributed by atoms with van der Waals surface area (Å²) in [6.07, 6.45) is 3.35. The maximum atomic E-state index is 6.22. The third-order valence-corrected chi connectivity index (χ3v) is 3.18. The first-order valence-corrected chi connectivity index (χ1v) is 6.93. The summed E-state index contributed by atoms with van der Waals surface area (Å²) in [5.41, 5.74) is 8.38. The van der Waals surface area contributed by atoms with Gasteiger partial charge in [0.25, 0.3) is 0 Å². The first-order chi connectivity index (χ1) is 9.12. The average molecular weight is 304 g/mol. The minimum Gasteiger partial charge on any atom is -0.493 e. The number of nitrogens with two attached hydrogens (primary N) is 1. The van der Waals surface area contributed by atoms with Crippen LogP contribution in [0.25, 0.3) is 0 Å². The first-order valence-electron chi connectivity index (χ1n) is 6.12. The molecule has 1 rings (SSSR count). The minimum absolute atomic E-state index is 0.117. The van der Waals surface area contributed by atoms with Crippen LogP contribution in [0.3, 0.4) is 0 Å². The molecule has 0 saturated carbocycles. The highest BCUT2D eigenvalue weighted by molar-refractivity contribution is 6.32. The molecule has 0 aliphatic heterocycles. The third-order valence-electron chi connectivity index (χ3n) is 2.72. The van der Waals surface area contributed by atoms with Gasteiger partial charge in [0, 0.05) is 11.6 Å². The number of methoxy groups -OCH3 is 1. The Morgan fingerprint density at radius 3 is 2.74 bits per heavy atom. The van der Waals surface area contributed by atoms with E-state index in [2.05, 4.69) is 6.92 Å². The molecule has 0 saturated heterocycles. The molecule has 0 bridgehead atoms. The lowest BCUT2D eigenvalue weighted by molar-refractivity contribution is 0.326. The molecule has 5 heteroatoms. The molecule has 1 aromatic carbocycles. The normalized spacial score (nSPS) is 12.7. The van der Waals surface area contributed by atoms with Gasteiger partial charge in [0.15, 0.2) is 11.5 Å². The van der Waals surface area contributed by atoms with E-state index in [4.69, 9.17) is 38.4 Å². The maximum Gasteiger partial charge on any atom is 0.180 e. The number of rotatable bonds is 7. The standard InChI is InChI=1S/C14H19Cl2NO2/c1-3-11(17)7-10-8-12(16)14(13(9-10)18-2)19-6-4-5-15/h4-5,8-9,11H,3,6-7,17H2,1-2H3/b5-4+. The van der Waals surface area contributed by atoms with Crippen LogP contribution in [0, 0.1) is 0 Å². The molecular formula is C14H19Cl2NO2. The van der Waals surface area contributed by atoms with Crippen LogP contribution in [0.5, 0.6) is 11.5 Å². The van der Waals surface area contributed by atoms with Crippen molar-refractivity contribution in [1.82, 2.24) is 0 Å². The zero-order chi connectivity index (χ0) is 14.3. The van der Waals surface area contributed by atoms with E-state index < -0.39 is 0 Å². The van der Waals surface area contributed by atoms with E-state index in [1.807, 2.05) is 12.1 Å². The molecular weight excluding hydrogens is 285 g/mol. The monoisotopic (exact) mass is 303 g/mol. The van der Waals surface area contributed by atoms with E-state index in [9.17, 15) is 0 Å². The number of hydrogen-bond acceptors (Lipinski definition) is 3. The van der Waals surface area contributed by atoms with Crippen LogP contribution >= 0.6 is 23.2 Å². The molecule has 0 heterocycles. The van der Waals surface area contributed by atoms with Gasteiger partial charge in [-0.25, -0.2) is 0 Å². The van der Waals surface area contributed by atoms with Gasteiger partial charge in [-0.1, -0.05) is 30.1 Å². The summed E-state index contributed by atoms with van der Waals surface area (Å²) < 4.78 is 10.8. The average Bonchev–Trinajstić information content (AvgIpc) is 2.40. The Morgan fingerprint density at radius 2 is 2.16 bits per heavy atom. The van der Waals surface area contributed by atoms with Crippen molar-refractivity contribution in [2.75, 3.05) is 13.7 Å². The predicted molar refractivity (Wildman–Crippen MR) is 80.5 cm³/mol. The van der Waals surface area contributed by atoms with E-state index >= 15 is 0 Å². The molecule has 0 radical (unpaired) electrons. The zero-order valence-corrected chi connectivity index (χ0v) is 12.7. The predicted octanol–water partition coefficient (Wildman–Crippen LogP) is 3.76. The SMILES string of the molecule is CCC(N)Cc1cc(Cl)c(OC/C=C/Cl)c(OC)c1. The van der Waals surface area contributed by atoms with Gasteiger partial charge in [-0.3, -0.25) is 0 Å². The molecule has 0 fully saturated rings. The Morgan fingerprint density at radius 1 is 1.42 bits per heavy atom. The van der Waals surface area contributed by atoms with Crippen molar-refractivity contribution < 1.29 is 9.47 Å². The van der Waals surface area contributed by atoms with E-state index in [0.29, 0.717) is 23.1 Å². The quantitative estimate of drug-likeness (QED) is 0.834. The summed E-state index contributed by atoms with van der Waals surface area (Å²) in [6, 6.07) is 3.88. The Bertz CT molecular complexity index is 436. The van der Waals surface area contributed by atoms with Gasteiger partial charge >= 0.3 is 0 Å². The Labute approximate surface area is 124 Å². The van der Waals surface area contributed by atoms with Crippen molar-refractivity contribution in [1.29, 1.82) is 0 Å². The van der Waals surface area contributed by atoms with Crippen molar-refractivity contribution in [2.45, 2.75) is 25.8 Å². The van der Waals surface area contributed by atoms with E-state index in [1.165, 1.54) is 5.54 Å². The molecule has 0 aromatic heterocycles. The van der Waals surface area contributed by atoms with Gasteiger partial charge in [0.05, 0.1) is 12.1 Å². The molecule has 1 atom stereocenters. The molecule has 0 aliphatic carbocycles. The highest BCUT2D eigenvalue weighted by Crippen LogP contribution is 2.36. The largest absolute Gasteiger partial charge is 0.493 e. The van der Waals surface area contributed by atoms with E-state index in [-0.39, 0.29) is 6.04 Å². The fourth-order valence-corrected chi connectivity index (χ4v) is 2.01. The summed E-state index contributed by atoms with van der Waals surface area (Å²) in [4.78, 5) is 0. The van der Waals surface area contributed by atoms with Crippen molar-refractivity contribution in [3.05, 3.63) is 34.3 Å². The van der Waals surface area contributed by atoms with E-state index in [1.54, 1.807) is 13.2 Å². The third kappa shape index (κ3) is 4.94. The number of benzene rings is 1. The number of hydrogen-bond donors (Lipinski definition) is 1. The highest BCUT2D eigenvalue weighted by atomic mass is 35.5. The smallest absolute Gasteiger partial charge is 0.180 e. The molecule has 0 aliphatic rings. The molecule has 3 nitrogen and oxygen atoms in total. The van der Waals surface area contributed by atoms with Crippen LogP contribution in [0.4, 0.5) is 0 Å². The summed E-state index contributed by atoms with van der Waals surface area (Å²) in [7, 11) is 1.58. The minimum atomic E-state index is 0.117. The lowest BCUT2D eigenvalue weighted by Gasteiger charge is -2.15. The van der Waals surface area contributed by atoms with Crippen LogP contribution in [0.15, 0.2) is 23.7 Å². The maximum absolute atomic E-state index is 6.22. The second kappa shape index (κ2) is 8.31. The van der Waals surface area contributed by atoms with Crippen LogP contribution in [0.1, 0.15) is 18.9 Å². The summed E-state index contributed by atoms with van der Waals surface area (Å²) in [5, 5.41) is 0.514. The van der Waals surface area contributed by atoms with Crippen LogP contribution in [-0.2, 0) is 6.42 Å². The van der Waals surface area contributed by atoms with Gasteiger partial charge in [0.1, 0.15) is 6.61 Å². The fraction of sp³-hybridized carbons (Fsp3) is 0.429. The first kappa shape index (κ1) is 16.2.